The second kappa shape index (κ2) is 5.23. The van der Waals surface area contributed by atoms with Crippen LogP contribution < -0.4 is 5.32 Å². The number of hydrogen-bond donors (Lipinski definition) is 1. The Morgan fingerprint density at radius 3 is 3.19 bits per heavy atom. The van der Waals surface area contributed by atoms with Gasteiger partial charge in [-0.3, -0.25) is 4.40 Å². The minimum atomic E-state index is 0.504. The molecule has 0 saturated carbocycles. The molecule has 3 aromatic heterocycles. The van der Waals surface area contributed by atoms with Crippen LogP contribution in [0.2, 0.25) is 0 Å². The summed E-state index contributed by atoms with van der Waals surface area (Å²) in [5.41, 5.74) is 5.27. The average molecular weight is 317 g/mol. The smallest absolute Gasteiger partial charge is 0.194 e. The van der Waals surface area contributed by atoms with Crippen LogP contribution in [0.4, 0.5) is 0 Å². The van der Waals surface area contributed by atoms with Crippen LogP contribution in [0.25, 0.3) is 4.96 Å². The van der Waals surface area contributed by atoms with E-state index in [1.165, 1.54) is 36.2 Å². The Morgan fingerprint density at radius 2 is 2.29 bits per heavy atom. The SMILES string of the molecule is Cc1nc2scc(C)n2c1CNC1CCCc2sccc21. The largest absolute Gasteiger partial charge is 0.304 e. The normalized spacial score (nSPS) is 18.3. The van der Waals surface area contributed by atoms with Gasteiger partial charge in [-0.1, -0.05) is 0 Å². The Balaban J connectivity index is 1.60. The molecular formula is C16H19N3S2. The van der Waals surface area contributed by atoms with E-state index in [1.807, 2.05) is 11.3 Å². The van der Waals surface area contributed by atoms with Crippen LogP contribution in [0.1, 0.15) is 46.4 Å². The predicted molar refractivity (Wildman–Crippen MR) is 89.4 cm³/mol. The van der Waals surface area contributed by atoms with Crippen LogP contribution in [-0.4, -0.2) is 9.38 Å². The first-order valence-corrected chi connectivity index (χ1v) is 9.21. The highest BCUT2D eigenvalue weighted by Gasteiger charge is 2.21. The molecule has 1 aliphatic carbocycles. The summed E-state index contributed by atoms with van der Waals surface area (Å²) in [7, 11) is 0. The van der Waals surface area contributed by atoms with E-state index in [2.05, 4.69) is 45.4 Å². The Labute approximate surface area is 132 Å². The van der Waals surface area contributed by atoms with Crippen LogP contribution in [-0.2, 0) is 13.0 Å². The molecule has 0 saturated heterocycles. The fraction of sp³-hybridized carbons (Fsp3) is 0.438. The van der Waals surface area contributed by atoms with Gasteiger partial charge in [-0.2, -0.15) is 0 Å². The first kappa shape index (κ1) is 13.5. The highest BCUT2D eigenvalue weighted by Crippen LogP contribution is 2.33. The highest BCUT2D eigenvalue weighted by molar-refractivity contribution is 7.15. The third-order valence-electron chi connectivity index (χ3n) is 4.40. The molecule has 0 amide bonds. The minimum Gasteiger partial charge on any atom is -0.304 e. The zero-order valence-electron chi connectivity index (χ0n) is 12.3. The number of thiazole rings is 1. The van der Waals surface area contributed by atoms with E-state index < -0.39 is 0 Å². The lowest BCUT2D eigenvalue weighted by molar-refractivity contribution is 0.458. The molecule has 3 heterocycles. The van der Waals surface area contributed by atoms with E-state index >= 15 is 0 Å². The molecule has 1 unspecified atom stereocenters. The standard InChI is InChI=1S/C16H19N3S2/c1-10-9-21-16-18-11(2)14(19(10)16)8-17-13-4-3-5-15-12(13)6-7-20-15/h6-7,9,13,17H,3-5,8H2,1-2H3. The lowest BCUT2D eigenvalue weighted by Crippen LogP contribution is -2.24. The molecule has 0 aliphatic heterocycles. The number of nitrogens with zero attached hydrogens (tertiary/aromatic N) is 2. The van der Waals surface area contributed by atoms with Gasteiger partial charge in [-0.15, -0.1) is 22.7 Å². The van der Waals surface area contributed by atoms with E-state index in [1.54, 1.807) is 16.2 Å². The van der Waals surface area contributed by atoms with E-state index in [4.69, 9.17) is 0 Å². The second-order valence-electron chi connectivity index (χ2n) is 5.76. The van der Waals surface area contributed by atoms with Crippen LogP contribution in [0.5, 0.6) is 0 Å². The number of imidazole rings is 1. The summed E-state index contributed by atoms with van der Waals surface area (Å²) < 4.78 is 2.30. The molecule has 0 fully saturated rings. The first-order valence-electron chi connectivity index (χ1n) is 7.45. The van der Waals surface area contributed by atoms with Crippen LogP contribution in [0.3, 0.4) is 0 Å². The van der Waals surface area contributed by atoms with Crippen molar-refractivity contribution < 1.29 is 0 Å². The molecule has 21 heavy (non-hydrogen) atoms. The van der Waals surface area contributed by atoms with Gasteiger partial charge < -0.3 is 5.32 Å². The summed E-state index contributed by atoms with van der Waals surface area (Å²) in [6.45, 7) is 5.17. The number of aromatic nitrogens is 2. The number of fused-ring (bicyclic) bond motifs is 2. The van der Waals surface area contributed by atoms with E-state index in [-0.39, 0.29) is 0 Å². The van der Waals surface area contributed by atoms with Crippen molar-refractivity contribution in [2.75, 3.05) is 0 Å². The Kier molecular flexibility index (Phi) is 3.36. The molecule has 3 nitrogen and oxygen atoms in total. The molecule has 1 aliphatic rings. The fourth-order valence-electron chi connectivity index (χ4n) is 3.29. The van der Waals surface area contributed by atoms with Gasteiger partial charge in [0.1, 0.15) is 0 Å². The molecule has 1 N–H and O–H groups in total. The second-order valence-corrected chi connectivity index (χ2v) is 7.60. The molecular weight excluding hydrogens is 298 g/mol. The summed E-state index contributed by atoms with van der Waals surface area (Å²) in [5.74, 6) is 0. The fourth-order valence-corrected chi connectivity index (χ4v) is 5.21. The number of hydrogen-bond acceptors (Lipinski definition) is 4. The number of thiophene rings is 1. The number of rotatable bonds is 3. The Hall–Kier alpha value is -1.17. The summed E-state index contributed by atoms with van der Waals surface area (Å²) in [6, 6.07) is 2.80. The van der Waals surface area contributed by atoms with Crippen molar-refractivity contribution in [1.29, 1.82) is 0 Å². The number of nitrogens with one attached hydrogen (secondary N) is 1. The number of aryl methyl sites for hydroxylation is 3. The Morgan fingerprint density at radius 1 is 1.38 bits per heavy atom. The summed E-state index contributed by atoms with van der Waals surface area (Å²) in [5, 5.41) is 8.18. The topological polar surface area (TPSA) is 29.3 Å². The summed E-state index contributed by atoms with van der Waals surface area (Å²) in [6.07, 6.45) is 3.79. The third kappa shape index (κ3) is 2.24. The van der Waals surface area contributed by atoms with Gasteiger partial charge in [0.2, 0.25) is 0 Å². The maximum absolute atomic E-state index is 4.68. The average Bonchev–Trinajstić information content (AvgIpc) is 3.15. The van der Waals surface area contributed by atoms with Crippen LogP contribution in [0, 0.1) is 13.8 Å². The molecule has 0 spiro atoms. The molecule has 4 rings (SSSR count). The molecule has 0 radical (unpaired) electrons. The van der Waals surface area contributed by atoms with Crippen molar-refractivity contribution in [2.45, 2.75) is 45.7 Å². The lowest BCUT2D eigenvalue weighted by Gasteiger charge is -2.24. The molecule has 5 heteroatoms. The zero-order chi connectivity index (χ0) is 14.4. The van der Waals surface area contributed by atoms with Crippen molar-refractivity contribution in [3.8, 4) is 0 Å². The monoisotopic (exact) mass is 317 g/mol. The molecule has 1 atom stereocenters. The van der Waals surface area contributed by atoms with E-state index in [0.717, 1.165) is 17.2 Å². The minimum absolute atomic E-state index is 0.504. The van der Waals surface area contributed by atoms with Gasteiger partial charge in [0.15, 0.2) is 4.96 Å². The van der Waals surface area contributed by atoms with Crippen molar-refractivity contribution in [3.63, 3.8) is 0 Å². The van der Waals surface area contributed by atoms with Crippen molar-refractivity contribution in [1.82, 2.24) is 14.7 Å². The van der Waals surface area contributed by atoms with Gasteiger partial charge in [0, 0.05) is 28.5 Å². The van der Waals surface area contributed by atoms with E-state index in [9.17, 15) is 0 Å². The maximum atomic E-state index is 4.68. The predicted octanol–water partition coefficient (Wildman–Crippen LogP) is 4.24. The van der Waals surface area contributed by atoms with E-state index in [0.29, 0.717) is 6.04 Å². The Bertz CT molecular complexity index is 781. The highest BCUT2D eigenvalue weighted by atomic mass is 32.1. The van der Waals surface area contributed by atoms with Crippen molar-refractivity contribution >= 4 is 27.6 Å². The summed E-state index contributed by atoms with van der Waals surface area (Å²) in [4.78, 5) is 7.36. The first-order chi connectivity index (χ1) is 10.2. The van der Waals surface area contributed by atoms with Crippen LogP contribution in [0.15, 0.2) is 16.8 Å². The van der Waals surface area contributed by atoms with Crippen molar-refractivity contribution in [2.24, 2.45) is 0 Å². The quantitative estimate of drug-likeness (QED) is 0.783. The van der Waals surface area contributed by atoms with Gasteiger partial charge in [0.25, 0.3) is 0 Å². The molecule has 0 aromatic carbocycles. The lowest BCUT2D eigenvalue weighted by atomic mass is 9.94. The van der Waals surface area contributed by atoms with Gasteiger partial charge >= 0.3 is 0 Å². The van der Waals surface area contributed by atoms with Crippen LogP contribution >= 0.6 is 22.7 Å². The molecule has 0 bridgehead atoms. The maximum Gasteiger partial charge on any atom is 0.194 e. The third-order valence-corrected chi connectivity index (χ3v) is 6.34. The van der Waals surface area contributed by atoms with Gasteiger partial charge in [0.05, 0.1) is 11.4 Å². The molecule has 110 valence electrons. The zero-order valence-corrected chi connectivity index (χ0v) is 14.0. The summed E-state index contributed by atoms with van der Waals surface area (Å²) >= 11 is 3.63. The molecule has 3 aromatic rings. The van der Waals surface area contributed by atoms with Gasteiger partial charge in [-0.25, -0.2) is 4.98 Å². The van der Waals surface area contributed by atoms with Crippen molar-refractivity contribution in [3.05, 3.63) is 44.3 Å². The van der Waals surface area contributed by atoms with Gasteiger partial charge in [-0.05, 0) is 50.1 Å².